The molecule has 1 saturated carbocycles. The highest BCUT2D eigenvalue weighted by Gasteiger charge is 2.35. The van der Waals surface area contributed by atoms with Gasteiger partial charge in [-0.15, -0.1) is 0 Å². The summed E-state index contributed by atoms with van der Waals surface area (Å²) >= 11 is 0. The summed E-state index contributed by atoms with van der Waals surface area (Å²) in [5, 5.41) is 9.86. The zero-order valence-electron chi connectivity index (χ0n) is 20.9. The molecule has 3 heterocycles. The molecule has 8 heteroatoms. The lowest BCUT2D eigenvalue weighted by atomic mass is 9.88. The van der Waals surface area contributed by atoms with Crippen LogP contribution in [0, 0.1) is 11.8 Å². The lowest BCUT2D eigenvalue weighted by Crippen LogP contribution is -2.51. The number of aliphatic hydroxyl groups is 1. The summed E-state index contributed by atoms with van der Waals surface area (Å²) < 4.78 is 6.35. The third-order valence-corrected chi connectivity index (χ3v) is 7.32. The molecule has 8 nitrogen and oxygen atoms in total. The van der Waals surface area contributed by atoms with E-state index in [1.54, 1.807) is 34.5 Å². The molecule has 0 unspecified atom stereocenters. The van der Waals surface area contributed by atoms with Crippen molar-refractivity contribution < 1.29 is 19.4 Å². The van der Waals surface area contributed by atoms with Gasteiger partial charge in [-0.1, -0.05) is 26.2 Å². The Morgan fingerprint density at radius 3 is 2.63 bits per heavy atom. The molecule has 3 atom stereocenters. The monoisotopic (exact) mass is 480 g/mol. The van der Waals surface area contributed by atoms with Gasteiger partial charge >= 0.3 is 0 Å². The third kappa shape index (κ3) is 5.64. The van der Waals surface area contributed by atoms with Crippen molar-refractivity contribution in [1.82, 2.24) is 19.8 Å². The van der Waals surface area contributed by atoms with Gasteiger partial charge < -0.3 is 19.6 Å². The molecule has 0 spiro atoms. The zero-order chi connectivity index (χ0) is 24.9. The van der Waals surface area contributed by atoms with E-state index in [1.165, 1.54) is 6.42 Å². The smallest absolute Gasteiger partial charge is 0.259 e. The van der Waals surface area contributed by atoms with Gasteiger partial charge in [-0.3, -0.25) is 14.6 Å². The number of nitrogens with zero attached hydrogens (tertiary/aromatic N) is 4. The maximum Gasteiger partial charge on any atom is 0.259 e. The van der Waals surface area contributed by atoms with E-state index < -0.39 is 0 Å². The number of likely N-dealkylation sites (N-methyl/N-ethyl adjacent to an activating group) is 1. The van der Waals surface area contributed by atoms with Crippen molar-refractivity contribution in [3.8, 4) is 17.0 Å². The summed E-state index contributed by atoms with van der Waals surface area (Å²) in [6, 6.07) is 5.16. The molecular weight excluding hydrogens is 444 g/mol. The number of aliphatic hydroxyl groups excluding tert-OH is 1. The first-order valence-electron chi connectivity index (χ1n) is 12.6. The van der Waals surface area contributed by atoms with Gasteiger partial charge in [0.05, 0.1) is 19.2 Å². The van der Waals surface area contributed by atoms with Gasteiger partial charge in [0.2, 0.25) is 11.8 Å². The summed E-state index contributed by atoms with van der Waals surface area (Å²) in [6.45, 7) is 4.54. The van der Waals surface area contributed by atoms with Gasteiger partial charge in [0.15, 0.2) is 0 Å². The molecule has 2 aromatic heterocycles. The van der Waals surface area contributed by atoms with E-state index >= 15 is 0 Å². The number of carbonyl (C=O) groups is 2. The molecule has 1 fully saturated rings. The van der Waals surface area contributed by atoms with Crippen molar-refractivity contribution >= 4 is 11.8 Å². The average Bonchev–Trinajstić information content (AvgIpc) is 2.90. The van der Waals surface area contributed by atoms with Gasteiger partial charge in [0.1, 0.15) is 11.7 Å². The number of aromatic nitrogens is 2. The first-order chi connectivity index (χ1) is 16.9. The average molecular weight is 481 g/mol. The minimum atomic E-state index is -0.359. The van der Waals surface area contributed by atoms with Crippen LogP contribution in [0.3, 0.4) is 0 Å². The first-order valence-corrected chi connectivity index (χ1v) is 12.6. The number of fused-ring (bicyclic) bond motifs is 1. The molecular formula is C27H36N4O4. The number of ether oxygens (including phenoxy) is 1. The fraction of sp³-hybridized carbons (Fsp3) is 0.556. The molecule has 35 heavy (non-hydrogen) atoms. The highest BCUT2D eigenvalue weighted by atomic mass is 16.5. The SMILES string of the molecule is C[C@@H]1CN([C@H](C)CO)C(=O)c2cc(-c3ccncc3)cnc2O[C@H]1CN(C)C(=O)C1CCCCC1. The minimum absolute atomic E-state index is 0.0654. The van der Waals surface area contributed by atoms with Crippen LogP contribution in [0.1, 0.15) is 56.3 Å². The fourth-order valence-corrected chi connectivity index (χ4v) is 5.04. The highest BCUT2D eigenvalue weighted by molar-refractivity contribution is 5.98. The minimum Gasteiger partial charge on any atom is -0.472 e. The predicted molar refractivity (Wildman–Crippen MR) is 133 cm³/mol. The number of pyridine rings is 2. The lowest BCUT2D eigenvalue weighted by molar-refractivity contribution is -0.136. The van der Waals surface area contributed by atoms with Gasteiger partial charge in [-0.2, -0.15) is 0 Å². The Morgan fingerprint density at radius 2 is 1.94 bits per heavy atom. The van der Waals surface area contributed by atoms with Crippen LogP contribution in [0.25, 0.3) is 11.1 Å². The second-order valence-electron chi connectivity index (χ2n) is 9.99. The Hall–Kier alpha value is -3.00. The third-order valence-electron chi connectivity index (χ3n) is 7.32. The van der Waals surface area contributed by atoms with E-state index in [-0.39, 0.29) is 48.3 Å². The van der Waals surface area contributed by atoms with E-state index in [1.807, 2.05) is 33.0 Å². The van der Waals surface area contributed by atoms with Crippen LogP contribution in [0.5, 0.6) is 5.88 Å². The van der Waals surface area contributed by atoms with Crippen molar-refractivity contribution in [2.45, 2.75) is 58.1 Å². The molecule has 2 aromatic rings. The Bertz CT molecular complexity index is 1030. The lowest BCUT2D eigenvalue weighted by Gasteiger charge is -2.38. The molecule has 0 bridgehead atoms. The zero-order valence-corrected chi connectivity index (χ0v) is 20.9. The van der Waals surface area contributed by atoms with Gasteiger partial charge in [0.25, 0.3) is 5.91 Å². The standard InChI is InChI=1S/C27H36N4O4/c1-18-15-31(19(2)17-32)27(34)23-13-22(20-9-11-28-12-10-20)14-29-25(23)35-24(18)16-30(3)26(33)21-7-5-4-6-8-21/h9-14,18-19,21,24,32H,4-8,15-17H2,1-3H3/t18-,19-,24+/m1/s1. The van der Waals surface area contributed by atoms with E-state index in [0.29, 0.717) is 18.7 Å². The number of carbonyl (C=O) groups excluding carboxylic acids is 2. The maximum atomic E-state index is 13.6. The van der Waals surface area contributed by atoms with E-state index in [0.717, 1.165) is 36.8 Å². The van der Waals surface area contributed by atoms with Crippen LogP contribution in [-0.4, -0.2) is 75.6 Å². The van der Waals surface area contributed by atoms with E-state index in [4.69, 9.17) is 4.74 Å². The molecule has 0 aromatic carbocycles. The Labute approximate surface area is 207 Å². The predicted octanol–water partition coefficient (Wildman–Crippen LogP) is 3.40. The molecule has 4 rings (SSSR count). The van der Waals surface area contributed by atoms with Crippen LogP contribution in [0.2, 0.25) is 0 Å². The Balaban J connectivity index is 1.64. The van der Waals surface area contributed by atoms with Gasteiger partial charge in [0, 0.05) is 49.6 Å². The number of hydrogen-bond donors (Lipinski definition) is 1. The van der Waals surface area contributed by atoms with E-state index in [2.05, 4.69) is 9.97 Å². The largest absolute Gasteiger partial charge is 0.472 e. The van der Waals surface area contributed by atoms with Gasteiger partial charge in [-0.25, -0.2) is 4.98 Å². The summed E-state index contributed by atoms with van der Waals surface area (Å²) in [6.07, 6.45) is 10.1. The van der Waals surface area contributed by atoms with Crippen molar-refractivity contribution in [1.29, 1.82) is 0 Å². The summed E-state index contributed by atoms with van der Waals surface area (Å²) in [5.41, 5.74) is 2.04. The molecule has 1 aliphatic heterocycles. The van der Waals surface area contributed by atoms with Crippen molar-refractivity contribution in [3.63, 3.8) is 0 Å². The van der Waals surface area contributed by atoms with Crippen LogP contribution < -0.4 is 4.74 Å². The second kappa shape index (κ2) is 11.2. The molecule has 188 valence electrons. The van der Waals surface area contributed by atoms with Crippen molar-refractivity contribution in [2.75, 3.05) is 26.7 Å². The summed E-state index contributed by atoms with van der Waals surface area (Å²) in [7, 11) is 1.84. The topological polar surface area (TPSA) is 95.9 Å². The number of hydrogen-bond acceptors (Lipinski definition) is 6. The molecule has 2 aliphatic rings. The van der Waals surface area contributed by atoms with Crippen LogP contribution in [0.4, 0.5) is 0 Å². The quantitative estimate of drug-likeness (QED) is 0.681. The van der Waals surface area contributed by atoms with Crippen LogP contribution in [0.15, 0.2) is 36.8 Å². The number of amides is 2. The van der Waals surface area contributed by atoms with E-state index in [9.17, 15) is 14.7 Å². The van der Waals surface area contributed by atoms with Crippen molar-refractivity contribution in [2.24, 2.45) is 11.8 Å². The highest BCUT2D eigenvalue weighted by Crippen LogP contribution is 2.31. The fourth-order valence-electron chi connectivity index (χ4n) is 5.04. The Morgan fingerprint density at radius 1 is 1.23 bits per heavy atom. The summed E-state index contributed by atoms with van der Waals surface area (Å²) in [5.74, 6) is 0.225. The molecule has 1 aliphatic carbocycles. The second-order valence-corrected chi connectivity index (χ2v) is 9.99. The molecule has 0 radical (unpaired) electrons. The molecule has 1 N–H and O–H groups in total. The maximum absolute atomic E-state index is 13.6. The first kappa shape index (κ1) is 25.1. The number of rotatable bonds is 6. The van der Waals surface area contributed by atoms with Crippen LogP contribution in [-0.2, 0) is 4.79 Å². The Kier molecular flexibility index (Phi) is 8.00. The summed E-state index contributed by atoms with van der Waals surface area (Å²) in [4.78, 5) is 38.8. The molecule has 0 saturated heterocycles. The van der Waals surface area contributed by atoms with Crippen LogP contribution >= 0.6 is 0 Å². The van der Waals surface area contributed by atoms with Gasteiger partial charge in [-0.05, 0) is 43.5 Å². The van der Waals surface area contributed by atoms with Crippen molar-refractivity contribution in [3.05, 3.63) is 42.4 Å². The molecule has 2 amide bonds. The normalized spacial score (nSPS) is 21.9.